The second-order valence-electron chi connectivity index (χ2n) is 9.55. The summed E-state index contributed by atoms with van der Waals surface area (Å²) in [7, 11) is -3.66. The van der Waals surface area contributed by atoms with Gasteiger partial charge in [0.2, 0.25) is 10.0 Å². The predicted octanol–water partition coefficient (Wildman–Crippen LogP) is 3.80. The minimum atomic E-state index is -3.66. The number of rotatable bonds is 5. The highest BCUT2D eigenvalue weighted by atomic mass is 32.2. The summed E-state index contributed by atoms with van der Waals surface area (Å²) < 4.78 is 33.7. The molecule has 156 valence electrons. The maximum atomic E-state index is 13.4. The normalized spacial score (nSPS) is 26.4. The Morgan fingerprint density at radius 3 is 2.72 bits per heavy atom. The first-order valence-electron chi connectivity index (χ1n) is 10.0. The van der Waals surface area contributed by atoms with Gasteiger partial charge in [-0.1, -0.05) is 26.8 Å². The van der Waals surface area contributed by atoms with Crippen molar-refractivity contribution in [2.75, 3.05) is 6.54 Å². The highest BCUT2D eigenvalue weighted by Gasteiger charge is 2.53. The molecule has 6 nitrogen and oxygen atoms in total. The van der Waals surface area contributed by atoms with E-state index in [9.17, 15) is 13.2 Å². The van der Waals surface area contributed by atoms with E-state index in [-0.39, 0.29) is 34.2 Å². The summed E-state index contributed by atoms with van der Waals surface area (Å²) in [4.78, 5) is 12.7. The Kier molecular flexibility index (Phi) is 4.86. The zero-order chi connectivity index (χ0) is 20.9. The molecule has 1 aliphatic heterocycles. The number of amides is 1. The molecule has 29 heavy (non-hydrogen) atoms. The average Bonchev–Trinajstić information content (AvgIpc) is 3.24. The highest BCUT2D eigenvalue weighted by molar-refractivity contribution is 7.89. The Labute approximate surface area is 172 Å². The van der Waals surface area contributed by atoms with Crippen LogP contribution in [-0.4, -0.2) is 31.2 Å². The van der Waals surface area contributed by atoms with Crippen molar-refractivity contribution in [1.29, 1.82) is 0 Å². The number of sulfonamides is 1. The molecule has 1 aromatic heterocycles. The number of nitrogens with one attached hydrogen (secondary N) is 1. The fourth-order valence-corrected chi connectivity index (χ4v) is 7.13. The fraction of sp³-hybridized carbons (Fsp3) is 0.500. The third-order valence-electron chi connectivity index (χ3n) is 6.07. The zero-order valence-electron chi connectivity index (χ0n) is 17.1. The second-order valence-corrected chi connectivity index (χ2v) is 11.4. The molecule has 2 aromatic rings. The van der Waals surface area contributed by atoms with E-state index in [0.717, 1.165) is 19.3 Å². The maximum Gasteiger partial charge on any atom is 0.251 e. The number of carbonyl (C=O) groups excluding carboxylic acids is 1. The molecule has 1 aliphatic carbocycles. The number of hydrogen-bond acceptors (Lipinski definition) is 4. The first-order valence-corrected chi connectivity index (χ1v) is 11.4. The first kappa shape index (κ1) is 20.2. The molecule has 7 heteroatoms. The van der Waals surface area contributed by atoms with Gasteiger partial charge in [0.25, 0.3) is 5.91 Å². The third kappa shape index (κ3) is 3.98. The van der Waals surface area contributed by atoms with Crippen LogP contribution in [-0.2, 0) is 16.6 Å². The van der Waals surface area contributed by atoms with Gasteiger partial charge in [-0.25, -0.2) is 8.42 Å². The lowest BCUT2D eigenvalue weighted by molar-refractivity contribution is 0.0947. The molecule has 0 radical (unpaired) electrons. The van der Waals surface area contributed by atoms with E-state index in [1.54, 1.807) is 40.9 Å². The lowest BCUT2D eigenvalue weighted by Crippen LogP contribution is -2.37. The van der Waals surface area contributed by atoms with Gasteiger partial charge in [0.05, 0.1) is 17.7 Å². The Hall–Kier alpha value is -2.12. The van der Waals surface area contributed by atoms with Crippen LogP contribution in [0.1, 0.15) is 56.2 Å². The molecule has 0 unspecified atom stereocenters. The van der Waals surface area contributed by atoms with Crippen LogP contribution in [0.3, 0.4) is 0 Å². The number of hydrogen-bond donors (Lipinski definition) is 1. The van der Waals surface area contributed by atoms with Crippen molar-refractivity contribution >= 4 is 15.9 Å². The molecule has 1 saturated heterocycles. The van der Waals surface area contributed by atoms with Gasteiger partial charge in [-0.15, -0.1) is 0 Å². The van der Waals surface area contributed by atoms with Crippen LogP contribution in [0.25, 0.3) is 0 Å². The lowest BCUT2D eigenvalue weighted by atomic mass is 9.65. The van der Waals surface area contributed by atoms with E-state index in [1.807, 2.05) is 0 Å². The fourth-order valence-electron chi connectivity index (χ4n) is 5.30. The highest BCUT2D eigenvalue weighted by Crippen LogP contribution is 2.53. The van der Waals surface area contributed by atoms with E-state index in [2.05, 4.69) is 26.1 Å². The van der Waals surface area contributed by atoms with Gasteiger partial charge in [0.15, 0.2) is 0 Å². The Bertz CT molecular complexity index is 1010. The van der Waals surface area contributed by atoms with E-state index in [0.29, 0.717) is 17.9 Å². The largest absolute Gasteiger partial charge is 0.467 e. The number of benzene rings is 1. The Balaban J connectivity index is 1.55. The Morgan fingerprint density at radius 2 is 2.00 bits per heavy atom. The minimum Gasteiger partial charge on any atom is -0.467 e. The smallest absolute Gasteiger partial charge is 0.251 e. The lowest BCUT2D eigenvalue weighted by Gasteiger charge is -2.39. The van der Waals surface area contributed by atoms with Gasteiger partial charge in [-0.3, -0.25) is 4.79 Å². The molecular formula is C22H28N2O4S. The van der Waals surface area contributed by atoms with Gasteiger partial charge < -0.3 is 9.73 Å². The molecule has 2 fully saturated rings. The standard InChI is InChI=1S/C22H28N2O4S/c1-21(2)11-17-12-22(3,14-21)15-24(17)29(26,27)19-8-4-6-16(10-19)20(25)23-13-18-7-5-9-28-18/h4-10,17H,11-15H2,1-3H3,(H,23,25)/t17-,22+/m1/s1. The van der Waals surface area contributed by atoms with Crippen molar-refractivity contribution in [2.45, 2.75) is 57.5 Å². The molecule has 0 spiro atoms. The number of carbonyl (C=O) groups is 1. The summed E-state index contributed by atoms with van der Waals surface area (Å²) in [5.74, 6) is 0.314. The summed E-state index contributed by atoms with van der Waals surface area (Å²) in [6, 6.07) is 9.85. The van der Waals surface area contributed by atoms with Gasteiger partial charge in [-0.05, 0) is 60.4 Å². The maximum absolute atomic E-state index is 13.4. The van der Waals surface area contributed by atoms with Crippen molar-refractivity contribution in [3.63, 3.8) is 0 Å². The number of fused-ring (bicyclic) bond motifs is 2. The van der Waals surface area contributed by atoms with Crippen LogP contribution in [0.2, 0.25) is 0 Å². The van der Waals surface area contributed by atoms with Crippen molar-refractivity contribution in [2.24, 2.45) is 10.8 Å². The van der Waals surface area contributed by atoms with Crippen LogP contribution in [0.15, 0.2) is 52.0 Å². The monoisotopic (exact) mass is 416 g/mol. The van der Waals surface area contributed by atoms with Crippen LogP contribution in [0, 0.1) is 10.8 Å². The molecule has 1 saturated carbocycles. The molecule has 1 aromatic carbocycles. The van der Waals surface area contributed by atoms with E-state index in [1.165, 1.54) is 6.07 Å². The second kappa shape index (κ2) is 6.99. The molecule has 2 aliphatic rings. The average molecular weight is 417 g/mol. The first-order chi connectivity index (χ1) is 13.6. The third-order valence-corrected chi connectivity index (χ3v) is 7.97. The molecule has 1 amide bonds. The molecule has 2 bridgehead atoms. The summed E-state index contributed by atoms with van der Waals surface area (Å²) in [6.45, 7) is 7.42. The van der Waals surface area contributed by atoms with Crippen molar-refractivity contribution in [3.05, 3.63) is 54.0 Å². The van der Waals surface area contributed by atoms with Crippen molar-refractivity contribution in [1.82, 2.24) is 9.62 Å². The predicted molar refractivity (Wildman–Crippen MR) is 110 cm³/mol. The van der Waals surface area contributed by atoms with Crippen molar-refractivity contribution < 1.29 is 17.6 Å². The van der Waals surface area contributed by atoms with Crippen LogP contribution in [0.4, 0.5) is 0 Å². The van der Waals surface area contributed by atoms with E-state index in [4.69, 9.17) is 4.42 Å². The van der Waals surface area contributed by atoms with Gasteiger partial charge in [0, 0.05) is 18.2 Å². The molecule has 4 rings (SSSR count). The SMILES string of the molecule is CC1(C)C[C@@H]2C[C@](C)(CN2S(=O)(=O)c2cccc(C(=O)NCc3ccco3)c2)C1. The molecule has 1 N–H and O–H groups in total. The van der Waals surface area contributed by atoms with Gasteiger partial charge in [-0.2, -0.15) is 4.31 Å². The van der Waals surface area contributed by atoms with Gasteiger partial charge >= 0.3 is 0 Å². The summed E-state index contributed by atoms with van der Waals surface area (Å²) in [5.41, 5.74) is 0.471. The number of nitrogens with zero attached hydrogens (tertiary/aromatic N) is 1. The summed E-state index contributed by atoms with van der Waals surface area (Å²) in [6.07, 6.45) is 4.34. The van der Waals surface area contributed by atoms with Crippen LogP contribution in [0.5, 0.6) is 0 Å². The quantitative estimate of drug-likeness (QED) is 0.804. The molecule has 2 atom stereocenters. The van der Waals surface area contributed by atoms with Crippen LogP contribution >= 0.6 is 0 Å². The molecular weight excluding hydrogens is 388 g/mol. The Morgan fingerprint density at radius 1 is 1.21 bits per heavy atom. The van der Waals surface area contributed by atoms with Crippen LogP contribution < -0.4 is 5.32 Å². The topological polar surface area (TPSA) is 79.6 Å². The zero-order valence-corrected chi connectivity index (χ0v) is 18.0. The van der Waals surface area contributed by atoms with E-state index < -0.39 is 10.0 Å². The van der Waals surface area contributed by atoms with Crippen molar-refractivity contribution in [3.8, 4) is 0 Å². The van der Waals surface area contributed by atoms with E-state index >= 15 is 0 Å². The van der Waals surface area contributed by atoms with Gasteiger partial charge in [0.1, 0.15) is 5.76 Å². The minimum absolute atomic E-state index is 0.0114. The summed E-state index contributed by atoms with van der Waals surface area (Å²) >= 11 is 0. The molecule has 2 heterocycles. The number of furan rings is 1. The summed E-state index contributed by atoms with van der Waals surface area (Å²) in [5, 5.41) is 2.76.